The normalized spacial score (nSPS) is 12.0. The maximum atomic E-state index is 11.3. The van der Waals surface area contributed by atoms with E-state index in [0.717, 1.165) is 30.9 Å². The zero-order valence-electron chi connectivity index (χ0n) is 15.9. The lowest BCUT2D eigenvalue weighted by Crippen LogP contribution is -2.37. The van der Waals surface area contributed by atoms with Crippen LogP contribution >= 0.6 is 0 Å². The number of unbranched alkanes of at least 4 members (excludes halogenated alkanes) is 1. The van der Waals surface area contributed by atoms with Crippen molar-refractivity contribution in [1.82, 2.24) is 10.6 Å². The van der Waals surface area contributed by atoms with E-state index in [1.165, 1.54) is 23.3 Å². The number of aryl methyl sites for hydroxylation is 1. The van der Waals surface area contributed by atoms with E-state index >= 15 is 0 Å². The monoisotopic (exact) mass is 388 g/mol. The molecule has 27 heavy (non-hydrogen) atoms. The Kier molecular flexibility index (Phi) is 7.82. The number of rotatable bonds is 8. The molecule has 0 spiro atoms. The van der Waals surface area contributed by atoms with Gasteiger partial charge in [0.25, 0.3) is 0 Å². The third-order valence-electron chi connectivity index (χ3n) is 4.07. The summed E-state index contributed by atoms with van der Waals surface area (Å²) in [5, 5.41) is 11.8. The number of nitrogens with zero attached hydrogens (tertiary/aromatic N) is 1. The standard InChI is InChI=1S/C20H28N4O2S/c1-3-4-13-22-20(23-14-17-7-5-16(2)6-8-17)24-15-18-9-11-19(12-10-18)27(21,25)26/h5-12H,3-4,13-15H2,1-2H3,(H2,21,25,26)(H2,22,23,24). The van der Waals surface area contributed by atoms with Crippen LogP contribution in [-0.4, -0.2) is 20.9 Å². The van der Waals surface area contributed by atoms with Gasteiger partial charge >= 0.3 is 0 Å². The van der Waals surface area contributed by atoms with Crippen LogP contribution in [0.3, 0.4) is 0 Å². The summed E-state index contributed by atoms with van der Waals surface area (Å²) in [5.74, 6) is 0.736. The topological polar surface area (TPSA) is 96.6 Å². The zero-order valence-corrected chi connectivity index (χ0v) is 16.7. The molecule has 4 N–H and O–H groups in total. The van der Waals surface area contributed by atoms with Gasteiger partial charge in [0.1, 0.15) is 0 Å². The lowest BCUT2D eigenvalue weighted by atomic mass is 10.1. The smallest absolute Gasteiger partial charge is 0.238 e. The van der Waals surface area contributed by atoms with Crippen LogP contribution in [0.15, 0.2) is 58.4 Å². The highest BCUT2D eigenvalue weighted by molar-refractivity contribution is 7.89. The molecular weight excluding hydrogens is 360 g/mol. The molecule has 146 valence electrons. The number of primary sulfonamides is 1. The Morgan fingerprint density at radius 1 is 1.00 bits per heavy atom. The van der Waals surface area contributed by atoms with Gasteiger partial charge in [-0.05, 0) is 36.6 Å². The van der Waals surface area contributed by atoms with Crippen LogP contribution in [0.5, 0.6) is 0 Å². The van der Waals surface area contributed by atoms with Crippen molar-refractivity contribution in [2.45, 2.75) is 44.7 Å². The van der Waals surface area contributed by atoms with E-state index in [9.17, 15) is 8.42 Å². The van der Waals surface area contributed by atoms with Crippen molar-refractivity contribution in [3.05, 3.63) is 65.2 Å². The van der Waals surface area contributed by atoms with Gasteiger partial charge in [0.2, 0.25) is 10.0 Å². The van der Waals surface area contributed by atoms with Gasteiger partial charge < -0.3 is 10.6 Å². The minimum atomic E-state index is -3.67. The summed E-state index contributed by atoms with van der Waals surface area (Å²) < 4.78 is 22.7. The molecule has 0 fully saturated rings. The van der Waals surface area contributed by atoms with Crippen LogP contribution in [0.1, 0.15) is 36.5 Å². The van der Waals surface area contributed by atoms with Crippen LogP contribution in [-0.2, 0) is 23.1 Å². The number of hydrogen-bond donors (Lipinski definition) is 3. The van der Waals surface area contributed by atoms with Gasteiger partial charge in [0.05, 0.1) is 11.4 Å². The lowest BCUT2D eigenvalue weighted by molar-refractivity contribution is 0.598. The Bertz CT molecular complexity index is 845. The number of sulfonamides is 1. The van der Waals surface area contributed by atoms with E-state index in [2.05, 4.69) is 53.7 Å². The van der Waals surface area contributed by atoms with Crippen LogP contribution in [0.4, 0.5) is 0 Å². The minimum Gasteiger partial charge on any atom is -0.356 e. The third kappa shape index (κ3) is 7.40. The van der Waals surface area contributed by atoms with Gasteiger partial charge in [0.15, 0.2) is 5.96 Å². The fraction of sp³-hybridized carbons (Fsp3) is 0.350. The number of guanidine groups is 1. The maximum absolute atomic E-state index is 11.3. The van der Waals surface area contributed by atoms with Crippen LogP contribution in [0.2, 0.25) is 0 Å². The Morgan fingerprint density at radius 2 is 1.63 bits per heavy atom. The van der Waals surface area contributed by atoms with Crippen molar-refractivity contribution < 1.29 is 8.42 Å². The average molecular weight is 389 g/mol. The molecule has 2 aromatic carbocycles. The fourth-order valence-electron chi connectivity index (χ4n) is 2.40. The van der Waals surface area contributed by atoms with Crippen molar-refractivity contribution >= 4 is 16.0 Å². The molecule has 0 unspecified atom stereocenters. The number of hydrogen-bond acceptors (Lipinski definition) is 3. The molecule has 2 rings (SSSR count). The third-order valence-corrected chi connectivity index (χ3v) is 5.00. The first kappa shape index (κ1) is 20.9. The molecule has 0 aliphatic rings. The Labute approximate surface area is 162 Å². The molecule has 0 aliphatic heterocycles. The zero-order chi connectivity index (χ0) is 19.7. The summed E-state index contributed by atoms with van der Waals surface area (Å²) in [6.45, 7) is 6.19. The van der Waals surface area contributed by atoms with Crippen molar-refractivity contribution in [2.75, 3.05) is 6.54 Å². The quantitative estimate of drug-likeness (QED) is 0.368. The van der Waals surface area contributed by atoms with E-state index < -0.39 is 10.0 Å². The highest BCUT2D eigenvalue weighted by Crippen LogP contribution is 2.09. The van der Waals surface area contributed by atoms with Gasteiger partial charge in [-0.25, -0.2) is 18.5 Å². The number of aliphatic imine (C=N–C) groups is 1. The molecule has 0 saturated heterocycles. The first-order valence-electron chi connectivity index (χ1n) is 9.08. The van der Waals surface area contributed by atoms with E-state index in [0.29, 0.717) is 13.1 Å². The second-order valence-electron chi connectivity index (χ2n) is 6.47. The molecule has 0 saturated carbocycles. The molecule has 0 radical (unpaired) electrons. The van der Waals surface area contributed by atoms with Crippen LogP contribution in [0.25, 0.3) is 0 Å². The van der Waals surface area contributed by atoms with E-state index in [-0.39, 0.29) is 4.90 Å². The molecule has 0 aliphatic carbocycles. The van der Waals surface area contributed by atoms with Crippen LogP contribution < -0.4 is 15.8 Å². The molecule has 0 heterocycles. The molecule has 0 atom stereocenters. The summed E-state index contributed by atoms with van der Waals surface area (Å²) >= 11 is 0. The molecule has 2 aromatic rings. The summed E-state index contributed by atoms with van der Waals surface area (Å²) in [6.07, 6.45) is 2.17. The molecule has 0 aromatic heterocycles. The van der Waals surface area contributed by atoms with Gasteiger partial charge in [-0.2, -0.15) is 0 Å². The lowest BCUT2D eigenvalue weighted by Gasteiger charge is -2.13. The highest BCUT2D eigenvalue weighted by atomic mass is 32.2. The molecule has 0 amide bonds. The first-order valence-corrected chi connectivity index (χ1v) is 10.6. The van der Waals surface area contributed by atoms with Gasteiger partial charge in [-0.15, -0.1) is 0 Å². The van der Waals surface area contributed by atoms with Gasteiger partial charge in [-0.1, -0.05) is 55.3 Å². The number of nitrogens with one attached hydrogen (secondary N) is 2. The molecular formula is C20H28N4O2S. The van der Waals surface area contributed by atoms with Gasteiger partial charge in [0, 0.05) is 13.1 Å². The maximum Gasteiger partial charge on any atom is 0.238 e. The van der Waals surface area contributed by atoms with Crippen molar-refractivity contribution in [3.63, 3.8) is 0 Å². The van der Waals surface area contributed by atoms with Crippen LogP contribution in [0, 0.1) is 6.92 Å². The largest absolute Gasteiger partial charge is 0.356 e. The van der Waals surface area contributed by atoms with Crippen molar-refractivity contribution in [2.24, 2.45) is 10.1 Å². The summed E-state index contributed by atoms with van der Waals surface area (Å²) in [5.41, 5.74) is 3.33. The summed E-state index contributed by atoms with van der Waals surface area (Å²) in [6, 6.07) is 14.8. The predicted molar refractivity (Wildman–Crippen MR) is 110 cm³/mol. The van der Waals surface area contributed by atoms with E-state index in [1.54, 1.807) is 12.1 Å². The molecule has 0 bridgehead atoms. The molecule has 7 heteroatoms. The Morgan fingerprint density at radius 3 is 2.22 bits per heavy atom. The predicted octanol–water partition coefficient (Wildman–Crippen LogP) is 2.68. The van der Waals surface area contributed by atoms with Crippen molar-refractivity contribution in [1.29, 1.82) is 0 Å². The second-order valence-corrected chi connectivity index (χ2v) is 8.03. The second kappa shape index (κ2) is 10.1. The van der Waals surface area contributed by atoms with Gasteiger partial charge in [-0.3, -0.25) is 0 Å². The first-order chi connectivity index (χ1) is 12.9. The van der Waals surface area contributed by atoms with E-state index in [1.807, 2.05) is 0 Å². The summed E-state index contributed by atoms with van der Waals surface area (Å²) in [4.78, 5) is 4.71. The fourth-order valence-corrected chi connectivity index (χ4v) is 2.92. The SMILES string of the molecule is CCCCNC(=NCc1ccc(S(N)(=O)=O)cc1)NCc1ccc(C)cc1. The van der Waals surface area contributed by atoms with Crippen molar-refractivity contribution in [3.8, 4) is 0 Å². The Balaban J connectivity index is 2.01. The Hall–Kier alpha value is -2.38. The minimum absolute atomic E-state index is 0.106. The number of nitrogens with two attached hydrogens (primary N) is 1. The highest BCUT2D eigenvalue weighted by Gasteiger charge is 2.06. The number of benzene rings is 2. The summed E-state index contributed by atoms with van der Waals surface area (Å²) in [7, 11) is -3.67. The van der Waals surface area contributed by atoms with E-state index in [4.69, 9.17) is 5.14 Å². The average Bonchev–Trinajstić information content (AvgIpc) is 2.64. The molecule has 6 nitrogen and oxygen atoms in total.